The van der Waals surface area contributed by atoms with Crippen LogP contribution in [0.15, 0.2) is 29.3 Å². The summed E-state index contributed by atoms with van der Waals surface area (Å²) in [6, 6.07) is 7.49. The number of nitrogens with zero attached hydrogens (tertiary/aromatic N) is 2. The monoisotopic (exact) mass is 248 g/mol. The number of rotatable bonds is 3. The first-order valence-electron chi connectivity index (χ1n) is 5.06. The fraction of sp³-hybridized carbons (Fsp3) is 0.182. The molecule has 1 amide bonds. The molecule has 3 N–H and O–H groups in total. The molecule has 0 saturated heterocycles. The Labute approximate surface area is 103 Å². The molecule has 5 nitrogen and oxygen atoms in total. The first kappa shape index (κ1) is 11.7. The van der Waals surface area contributed by atoms with Crippen LogP contribution in [-0.4, -0.2) is 28.7 Å². The standard InChI is InChI=1S/C11H12N4OS/c1-13-9(16)6-17-11-10(12)14-7-4-2-3-5-8(7)15-11/h2-5H,6H2,1H3,(H2,12,14)(H,13,16). The van der Waals surface area contributed by atoms with Gasteiger partial charge in [-0.3, -0.25) is 4.79 Å². The van der Waals surface area contributed by atoms with Crippen LogP contribution in [0, 0.1) is 0 Å². The lowest BCUT2D eigenvalue weighted by Gasteiger charge is -2.05. The maximum atomic E-state index is 11.1. The van der Waals surface area contributed by atoms with Gasteiger partial charge in [0.25, 0.3) is 0 Å². The number of carbonyl (C=O) groups is 1. The molecule has 0 spiro atoms. The largest absolute Gasteiger partial charge is 0.381 e. The van der Waals surface area contributed by atoms with Gasteiger partial charge in [-0.15, -0.1) is 0 Å². The van der Waals surface area contributed by atoms with Gasteiger partial charge in [0, 0.05) is 7.05 Å². The predicted molar refractivity (Wildman–Crippen MR) is 68.7 cm³/mol. The van der Waals surface area contributed by atoms with Gasteiger partial charge < -0.3 is 11.1 Å². The zero-order valence-corrected chi connectivity index (χ0v) is 10.1. The molecule has 1 aromatic heterocycles. The van der Waals surface area contributed by atoms with Gasteiger partial charge in [-0.2, -0.15) is 0 Å². The molecule has 0 fully saturated rings. The van der Waals surface area contributed by atoms with Crippen LogP contribution >= 0.6 is 11.8 Å². The third-order valence-electron chi connectivity index (χ3n) is 2.18. The minimum atomic E-state index is -0.0654. The van der Waals surface area contributed by atoms with Gasteiger partial charge >= 0.3 is 0 Å². The van der Waals surface area contributed by atoms with Crippen LogP contribution < -0.4 is 11.1 Å². The number of carbonyl (C=O) groups excluding carboxylic acids is 1. The van der Waals surface area contributed by atoms with Crippen molar-refractivity contribution in [1.29, 1.82) is 0 Å². The zero-order valence-electron chi connectivity index (χ0n) is 9.30. The highest BCUT2D eigenvalue weighted by Crippen LogP contribution is 2.23. The lowest BCUT2D eigenvalue weighted by Crippen LogP contribution is -2.19. The van der Waals surface area contributed by atoms with Crippen molar-refractivity contribution in [2.24, 2.45) is 0 Å². The van der Waals surface area contributed by atoms with Crippen molar-refractivity contribution < 1.29 is 4.79 Å². The summed E-state index contributed by atoms with van der Waals surface area (Å²) in [5.41, 5.74) is 7.33. The lowest BCUT2D eigenvalue weighted by atomic mass is 10.3. The fourth-order valence-electron chi connectivity index (χ4n) is 1.31. The van der Waals surface area contributed by atoms with E-state index in [-0.39, 0.29) is 11.7 Å². The average Bonchev–Trinajstić information content (AvgIpc) is 2.35. The number of fused-ring (bicyclic) bond motifs is 1. The first-order chi connectivity index (χ1) is 8.20. The van der Waals surface area contributed by atoms with Crippen LogP contribution in [0.5, 0.6) is 0 Å². The van der Waals surface area contributed by atoms with Crippen molar-refractivity contribution in [3.8, 4) is 0 Å². The van der Waals surface area contributed by atoms with Gasteiger partial charge in [0.05, 0.1) is 16.8 Å². The second kappa shape index (κ2) is 5.01. The van der Waals surface area contributed by atoms with Gasteiger partial charge in [0.2, 0.25) is 5.91 Å². The number of anilines is 1. The van der Waals surface area contributed by atoms with Gasteiger partial charge in [0.15, 0.2) is 5.82 Å². The summed E-state index contributed by atoms with van der Waals surface area (Å²) in [5.74, 6) is 0.579. The lowest BCUT2D eigenvalue weighted by molar-refractivity contribution is -0.118. The number of nitrogens with two attached hydrogens (primary N) is 1. The third kappa shape index (κ3) is 2.65. The van der Waals surface area contributed by atoms with Gasteiger partial charge in [0.1, 0.15) is 5.03 Å². The molecular formula is C11H12N4OS. The van der Waals surface area contributed by atoms with Gasteiger partial charge in [-0.1, -0.05) is 23.9 Å². The van der Waals surface area contributed by atoms with Crippen molar-refractivity contribution in [2.45, 2.75) is 5.03 Å². The van der Waals surface area contributed by atoms with Crippen LogP contribution in [0.3, 0.4) is 0 Å². The quantitative estimate of drug-likeness (QED) is 0.793. The molecule has 1 heterocycles. The van der Waals surface area contributed by atoms with Crippen LogP contribution in [0.2, 0.25) is 0 Å². The molecule has 0 aliphatic carbocycles. The number of nitrogen functional groups attached to an aromatic ring is 1. The molecular weight excluding hydrogens is 236 g/mol. The molecule has 2 rings (SSSR count). The van der Waals surface area contributed by atoms with Crippen molar-refractivity contribution in [3.05, 3.63) is 24.3 Å². The number of hydrogen-bond donors (Lipinski definition) is 2. The van der Waals surface area contributed by atoms with E-state index in [9.17, 15) is 4.79 Å². The highest BCUT2D eigenvalue weighted by molar-refractivity contribution is 8.00. The number of thioether (sulfide) groups is 1. The van der Waals surface area contributed by atoms with E-state index in [1.807, 2.05) is 24.3 Å². The van der Waals surface area contributed by atoms with E-state index in [1.54, 1.807) is 7.05 Å². The van der Waals surface area contributed by atoms with Crippen molar-refractivity contribution in [2.75, 3.05) is 18.5 Å². The summed E-state index contributed by atoms with van der Waals surface area (Å²) >= 11 is 1.28. The van der Waals surface area contributed by atoms with E-state index in [0.717, 1.165) is 11.0 Å². The minimum Gasteiger partial charge on any atom is -0.381 e. The fourth-order valence-corrected chi connectivity index (χ4v) is 2.08. The van der Waals surface area contributed by atoms with Crippen LogP contribution in [0.4, 0.5) is 5.82 Å². The molecule has 0 saturated carbocycles. The average molecular weight is 248 g/mol. The van der Waals surface area contributed by atoms with E-state index in [2.05, 4.69) is 15.3 Å². The van der Waals surface area contributed by atoms with E-state index in [0.29, 0.717) is 10.8 Å². The summed E-state index contributed by atoms with van der Waals surface area (Å²) in [4.78, 5) is 19.8. The van der Waals surface area contributed by atoms with Crippen LogP contribution in [0.1, 0.15) is 0 Å². The predicted octanol–water partition coefficient (Wildman–Crippen LogP) is 1.05. The number of nitrogens with one attached hydrogen (secondary N) is 1. The van der Waals surface area contributed by atoms with Crippen LogP contribution in [0.25, 0.3) is 11.0 Å². The van der Waals surface area contributed by atoms with Gasteiger partial charge in [-0.05, 0) is 12.1 Å². The molecule has 6 heteroatoms. The number of amides is 1. The number of benzene rings is 1. The Morgan fingerprint density at radius 1 is 1.35 bits per heavy atom. The first-order valence-corrected chi connectivity index (χ1v) is 6.05. The summed E-state index contributed by atoms with van der Waals surface area (Å²) in [6.45, 7) is 0. The van der Waals surface area contributed by atoms with E-state index >= 15 is 0 Å². The van der Waals surface area contributed by atoms with Crippen molar-refractivity contribution in [1.82, 2.24) is 15.3 Å². The summed E-state index contributed by atoms with van der Waals surface area (Å²) < 4.78 is 0. The Morgan fingerprint density at radius 2 is 2.00 bits per heavy atom. The Balaban J connectivity index is 2.28. The number of para-hydroxylation sites is 2. The minimum absolute atomic E-state index is 0.0654. The smallest absolute Gasteiger partial charge is 0.230 e. The maximum Gasteiger partial charge on any atom is 0.230 e. The molecule has 1 aromatic carbocycles. The third-order valence-corrected chi connectivity index (χ3v) is 3.16. The highest BCUT2D eigenvalue weighted by Gasteiger charge is 2.08. The van der Waals surface area contributed by atoms with E-state index in [1.165, 1.54) is 11.8 Å². The topological polar surface area (TPSA) is 80.9 Å². The molecule has 88 valence electrons. The molecule has 17 heavy (non-hydrogen) atoms. The Kier molecular flexibility index (Phi) is 3.43. The van der Waals surface area contributed by atoms with Crippen molar-refractivity contribution in [3.63, 3.8) is 0 Å². The Morgan fingerprint density at radius 3 is 2.65 bits per heavy atom. The Bertz CT molecular complexity index is 558. The second-order valence-electron chi connectivity index (χ2n) is 3.36. The summed E-state index contributed by atoms with van der Waals surface area (Å²) in [6.07, 6.45) is 0. The molecule has 0 bridgehead atoms. The van der Waals surface area contributed by atoms with E-state index < -0.39 is 0 Å². The van der Waals surface area contributed by atoms with Gasteiger partial charge in [-0.25, -0.2) is 9.97 Å². The van der Waals surface area contributed by atoms with Crippen LogP contribution in [-0.2, 0) is 4.79 Å². The zero-order chi connectivity index (χ0) is 12.3. The summed E-state index contributed by atoms with van der Waals surface area (Å²) in [5, 5.41) is 3.13. The SMILES string of the molecule is CNC(=O)CSc1nc2ccccc2nc1N. The van der Waals surface area contributed by atoms with E-state index in [4.69, 9.17) is 5.73 Å². The number of aromatic nitrogens is 2. The van der Waals surface area contributed by atoms with Crippen molar-refractivity contribution >= 4 is 34.5 Å². The molecule has 0 aliphatic heterocycles. The molecule has 0 atom stereocenters. The molecule has 0 aliphatic rings. The summed E-state index contributed by atoms with van der Waals surface area (Å²) in [7, 11) is 1.60. The highest BCUT2D eigenvalue weighted by atomic mass is 32.2. The molecule has 2 aromatic rings. The number of hydrogen-bond acceptors (Lipinski definition) is 5. The molecule has 0 unspecified atom stereocenters. The molecule has 0 radical (unpaired) electrons. The Hall–Kier alpha value is -1.82. The second-order valence-corrected chi connectivity index (χ2v) is 4.33. The normalized spacial score (nSPS) is 10.4. The maximum absolute atomic E-state index is 11.1.